The van der Waals surface area contributed by atoms with Gasteiger partial charge in [0.1, 0.15) is 0 Å². The van der Waals surface area contributed by atoms with Crippen molar-refractivity contribution in [3.05, 3.63) is 23.0 Å². The Labute approximate surface area is 118 Å². The number of carbonyl (C=O) groups excluding carboxylic acids is 1. The van der Waals surface area contributed by atoms with Gasteiger partial charge in [0.15, 0.2) is 0 Å². The van der Waals surface area contributed by atoms with Gasteiger partial charge in [0.2, 0.25) is 0 Å². The number of aryl methyl sites for hydroxylation is 2. The second kappa shape index (κ2) is 5.98. The van der Waals surface area contributed by atoms with Gasteiger partial charge in [-0.1, -0.05) is 0 Å². The van der Waals surface area contributed by atoms with E-state index in [1.54, 1.807) is 0 Å². The van der Waals surface area contributed by atoms with Gasteiger partial charge in [-0.2, -0.15) is 0 Å². The van der Waals surface area contributed by atoms with Gasteiger partial charge in [-0.15, -0.1) is 0 Å². The van der Waals surface area contributed by atoms with Gasteiger partial charge in [-0.05, 0) is 32.3 Å². The molecule has 20 heavy (non-hydrogen) atoms. The highest BCUT2D eigenvalue weighted by Crippen LogP contribution is 2.16. The fourth-order valence-corrected chi connectivity index (χ4v) is 2.70. The van der Waals surface area contributed by atoms with Crippen LogP contribution >= 0.6 is 0 Å². The summed E-state index contributed by atoms with van der Waals surface area (Å²) in [6, 6.07) is 0.00267. The van der Waals surface area contributed by atoms with Crippen LogP contribution in [0.3, 0.4) is 0 Å². The molecular formula is C14H21N3O3. The Morgan fingerprint density at radius 3 is 2.75 bits per heavy atom. The van der Waals surface area contributed by atoms with E-state index in [9.17, 15) is 9.59 Å². The zero-order valence-corrected chi connectivity index (χ0v) is 12.0. The van der Waals surface area contributed by atoms with Crippen LogP contribution in [0.2, 0.25) is 0 Å². The van der Waals surface area contributed by atoms with Crippen molar-refractivity contribution >= 4 is 12.0 Å². The van der Waals surface area contributed by atoms with Crippen LogP contribution in [0, 0.1) is 13.8 Å². The minimum atomic E-state index is -0.880. The topological polar surface area (TPSA) is 74.6 Å². The molecule has 1 aromatic heterocycles. The van der Waals surface area contributed by atoms with Crippen molar-refractivity contribution in [2.75, 3.05) is 19.6 Å². The van der Waals surface area contributed by atoms with E-state index in [2.05, 4.69) is 5.32 Å². The summed E-state index contributed by atoms with van der Waals surface area (Å²) in [7, 11) is 0. The summed E-state index contributed by atoms with van der Waals surface area (Å²) in [6.45, 7) is 6.62. The third kappa shape index (κ3) is 2.95. The van der Waals surface area contributed by atoms with Crippen LogP contribution < -0.4 is 5.32 Å². The van der Waals surface area contributed by atoms with Crippen molar-refractivity contribution in [3.8, 4) is 0 Å². The molecular weight excluding hydrogens is 258 g/mol. The standard InChI is InChI=1S/C14H21N3O3/c1-10-9-17(11(2)12(10)13(18)19)8-4-7-16-6-3-5-15-14(16)20/h9H,3-8H2,1-2H3,(H,15,20)(H,18,19). The highest BCUT2D eigenvalue weighted by Gasteiger charge is 2.18. The predicted molar refractivity (Wildman–Crippen MR) is 75.1 cm³/mol. The lowest BCUT2D eigenvalue weighted by Crippen LogP contribution is -2.46. The maximum atomic E-state index is 11.6. The Kier molecular flexibility index (Phi) is 4.32. The zero-order valence-electron chi connectivity index (χ0n) is 12.0. The summed E-state index contributed by atoms with van der Waals surface area (Å²) in [6.07, 6.45) is 3.67. The zero-order chi connectivity index (χ0) is 14.7. The van der Waals surface area contributed by atoms with E-state index < -0.39 is 5.97 Å². The third-order valence-corrected chi connectivity index (χ3v) is 3.75. The Morgan fingerprint density at radius 1 is 1.40 bits per heavy atom. The van der Waals surface area contributed by atoms with E-state index >= 15 is 0 Å². The first-order valence-corrected chi connectivity index (χ1v) is 6.93. The van der Waals surface area contributed by atoms with Gasteiger partial charge >= 0.3 is 12.0 Å². The molecule has 0 bridgehead atoms. The van der Waals surface area contributed by atoms with Gasteiger partial charge < -0.3 is 19.9 Å². The number of rotatable bonds is 5. The highest BCUT2D eigenvalue weighted by atomic mass is 16.4. The molecule has 6 heteroatoms. The molecule has 0 radical (unpaired) electrons. The molecule has 2 N–H and O–H groups in total. The summed E-state index contributed by atoms with van der Waals surface area (Å²) in [5.74, 6) is -0.880. The molecule has 2 amide bonds. The molecule has 110 valence electrons. The van der Waals surface area contributed by atoms with E-state index in [4.69, 9.17) is 5.11 Å². The maximum absolute atomic E-state index is 11.6. The SMILES string of the molecule is Cc1cn(CCCN2CCCNC2=O)c(C)c1C(=O)O. The summed E-state index contributed by atoms with van der Waals surface area (Å²) in [5.41, 5.74) is 1.95. The van der Waals surface area contributed by atoms with E-state index in [-0.39, 0.29) is 6.03 Å². The number of carbonyl (C=O) groups is 2. The quantitative estimate of drug-likeness (QED) is 0.860. The minimum Gasteiger partial charge on any atom is -0.478 e. The molecule has 0 saturated carbocycles. The van der Waals surface area contributed by atoms with Crippen LogP contribution in [0.1, 0.15) is 34.5 Å². The number of urea groups is 1. The fraction of sp³-hybridized carbons (Fsp3) is 0.571. The van der Waals surface area contributed by atoms with Crippen molar-refractivity contribution in [2.24, 2.45) is 0 Å². The van der Waals surface area contributed by atoms with E-state index in [0.717, 1.165) is 43.7 Å². The molecule has 0 aromatic carbocycles. The van der Waals surface area contributed by atoms with Gasteiger partial charge in [0.05, 0.1) is 5.56 Å². The van der Waals surface area contributed by atoms with E-state index in [0.29, 0.717) is 12.1 Å². The van der Waals surface area contributed by atoms with Gasteiger partial charge in [-0.3, -0.25) is 0 Å². The summed E-state index contributed by atoms with van der Waals surface area (Å²) < 4.78 is 1.96. The summed E-state index contributed by atoms with van der Waals surface area (Å²) in [4.78, 5) is 24.5. The Hall–Kier alpha value is -1.98. The van der Waals surface area contributed by atoms with E-state index in [1.165, 1.54) is 0 Å². The van der Waals surface area contributed by atoms with Crippen LogP contribution in [0.4, 0.5) is 4.79 Å². The second-order valence-electron chi connectivity index (χ2n) is 5.20. The first-order valence-electron chi connectivity index (χ1n) is 6.93. The first-order chi connectivity index (χ1) is 9.50. The average molecular weight is 279 g/mol. The van der Waals surface area contributed by atoms with Crippen molar-refractivity contribution in [3.63, 3.8) is 0 Å². The fourth-order valence-electron chi connectivity index (χ4n) is 2.70. The van der Waals surface area contributed by atoms with Gasteiger partial charge in [-0.25, -0.2) is 9.59 Å². The van der Waals surface area contributed by atoms with Gasteiger partial charge in [0, 0.05) is 38.1 Å². The molecule has 0 aliphatic carbocycles. The lowest BCUT2D eigenvalue weighted by molar-refractivity contribution is 0.0695. The lowest BCUT2D eigenvalue weighted by Gasteiger charge is -2.27. The largest absolute Gasteiger partial charge is 0.478 e. The van der Waals surface area contributed by atoms with Crippen LogP contribution in [0.5, 0.6) is 0 Å². The molecule has 1 aliphatic rings. The smallest absolute Gasteiger partial charge is 0.337 e. The second-order valence-corrected chi connectivity index (χ2v) is 5.20. The number of amides is 2. The third-order valence-electron chi connectivity index (χ3n) is 3.75. The lowest BCUT2D eigenvalue weighted by atomic mass is 10.2. The van der Waals surface area contributed by atoms with Crippen LogP contribution in [-0.4, -0.2) is 46.2 Å². The first kappa shape index (κ1) is 14.4. The van der Waals surface area contributed by atoms with Crippen molar-refractivity contribution < 1.29 is 14.7 Å². The number of aromatic carboxylic acids is 1. The molecule has 0 unspecified atom stereocenters. The molecule has 1 fully saturated rings. The summed E-state index contributed by atoms with van der Waals surface area (Å²) in [5, 5.41) is 12.0. The van der Waals surface area contributed by atoms with Crippen LogP contribution in [-0.2, 0) is 6.54 Å². The Balaban J connectivity index is 1.93. The number of hydrogen-bond acceptors (Lipinski definition) is 2. The molecule has 1 aromatic rings. The molecule has 1 saturated heterocycles. The minimum absolute atomic E-state index is 0.00267. The normalized spacial score (nSPS) is 15.3. The van der Waals surface area contributed by atoms with E-state index in [1.807, 2.05) is 29.5 Å². The monoisotopic (exact) mass is 279 g/mol. The molecule has 0 atom stereocenters. The molecule has 2 heterocycles. The maximum Gasteiger partial charge on any atom is 0.337 e. The van der Waals surface area contributed by atoms with Crippen LogP contribution in [0.25, 0.3) is 0 Å². The molecule has 0 spiro atoms. The molecule has 6 nitrogen and oxygen atoms in total. The van der Waals surface area contributed by atoms with Crippen LogP contribution in [0.15, 0.2) is 6.20 Å². The molecule has 1 aliphatic heterocycles. The summed E-state index contributed by atoms with van der Waals surface area (Å²) >= 11 is 0. The number of carboxylic acid groups (broad SMARTS) is 1. The van der Waals surface area contributed by atoms with Crippen molar-refractivity contribution in [2.45, 2.75) is 33.2 Å². The van der Waals surface area contributed by atoms with Gasteiger partial charge in [0.25, 0.3) is 0 Å². The number of aromatic nitrogens is 1. The Bertz CT molecular complexity index is 522. The molecule has 2 rings (SSSR count). The number of hydrogen-bond donors (Lipinski definition) is 2. The van der Waals surface area contributed by atoms with Crippen molar-refractivity contribution in [1.82, 2.24) is 14.8 Å². The highest BCUT2D eigenvalue weighted by molar-refractivity contribution is 5.90. The average Bonchev–Trinajstić information content (AvgIpc) is 2.67. The Morgan fingerprint density at radius 2 is 2.15 bits per heavy atom. The van der Waals surface area contributed by atoms with Crippen molar-refractivity contribution in [1.29, 1.82) is 0 Å². The predicted octanol–water partition coefficient (Wildman–Crippen LogP) is 1.61. The number of nitrogens with zero attached hydrogens (tertiary/aromatic N) is 2. The number of carboxylic acids is 1. The number of nitrogens with one attached hydrogen (secondary N) is 1.